The smallest absolute Gasteiger partial charge is 0.169 e. The number of nitrogens with zero attached hydrogens (tertiary/aromatic N) is 5. The predicted molar refractivity (Wildman–Crippen MR) is 158 cm³/mol. The minimum atomic E-state index is 0.337. The quantitative estimate of drug-likeness (QED) is 0.230. The molecule has 180 valence electrons. The normalized spacial score (nSPS) is 12.2. The molecule has 9 aromatic rings. The van der Waals surface area contributed by atoms with E-state index < -0.39 is 0 Å². The molecule has 0 amide bonds. The second-order valence-corrected chi connectivity index (χ2v) is 10.2. The van der Waals surface area contributed by atoms with Gasteiger partial charge in [-0.3, -0.25) is 9.55 Å². The molecule has 39 heavy (non-hydrogen) atoms. The first-order valence-electron chi connectivity index (χ1n) is 13.0. The van der Waals surface area contributed by atoms with E-state index in [1.165, 1.54) is 43.5 Å². The molecule has 0 aliphatic heterocycles. The number of para-hydroxylation sites is 3. The Morgan fingerprint density at radius 3 is 2.05 bits per heavy atom. The monoisotopic (exact) mass is 497 g/mol. The zero-order valence-electron chi connectivity index (χ0n) is 21.0. The van der Waals surface area contributed by atoms with Crippen LogP contribution in [-0.2, 0) is 0 Å². The first kappa shape index (κ1) is 20.6. The highest BCUT2D eigenvalue weighted by Crippen LogP contribution is 2.46. The number of pyridine rings is 2. The van der Waals surface area contributed by atoms with Crippen LogP contribution in [0.3, 0.4) is 0 Å². The zero-order valence-corrected chi connectivity index (χ0v) is 21.0. The summed E-state index contributed by atoms with van der Waals surface area (Å²) in [6.07, 6.45) is 1.72. The SMILES string of the molecule is Cc1c(-n2c3ccccc3c3cc4c5ccccc5n5c6ccccc6c(c32)c45)nc(C#N)c2ncccc12. The van der Waals surface area contributed by atoms with E-state index in [9.17, 15) is 5.26 Å². The summed E-state index contributed by atoms with van der Waals surface area (Å²) in [7, 11) is 0. The summed E-state index contributed by atoms with van der Waals surface area (Å²) < 4.78 is 4.67. The average molecular weight is 498 g/mol. The van der Waals surface area contributed by atoms with Gasteiger partial charge in [0.05, 0.1) is 27.6 Å². The van der Waals surface area contributed by atoms with E-state index in [1.807, 2.05) is 12.1 Å². The highest BCUT2D eigenvalue weighted by molar-refractivity contribution is 6.34. The number of hydrogen-bond acceptors (Lipinski definition) is 3. The van der Waals surface area contributed by atoms with Crippen molar-refractivity contribution in [2.45, 2.75) is 6.92 Å². The van der Waals surface area contributed by atoms with Crippen LogP contribution in [0.15, 0.2) is 97.2 Å². The largest absolute Gasteiger partial charge is 0.308 e. The fourth-order valence-corrected chi connectivity index (χ4v) is 6.73. The summed E-state index contributed by atoms with van der Waals surface area (Å²) >= 11 is 0. The summed E-state index contributed by atoms with van der Waals surface area (Å²) in [5, 5.41) is 18.3. The van der Waals surface area contributed by atoms with Crippen LogP contribution in [0.1, 0.15) is 11.3 Å². The predicted octanol–water partition coefficient (Wildman–Crippen LogP) is 8.06. The Labute approximate surface area is 222 Å². The number of aromatic nitrogens is 4. The van der Waals surface area contributed by atoms with Crippen LogP contribution in [0.4, 0.5) is 0 Å². The van der Waals surface area contributed by atoms with E-state index in [1.54, 1.807) is 6.20 Å². The van der Waals surface area contributed by atoms with Gasteiger partial charge in [-0.05, 0) is 37.3 Å². The summed E-state index contributed by atoms with van der Waals surface area (Å²) in [6.45, 7) is 2.08. The molecule has 5 aromatic heterocycles. The van der Waals surface area contributed by atoms with Gasteiger partial charge in [0, 0.05) is 49.5 Å². The van der Waals surface area contributed by atoms with Crippen molar-refractivity contribution in [2.24, 2.45) is 0 Å². The van der Waals surface area contributed by atoms with Gasteiger partial charge < -0.3 is 4.40 Å². The highest BCUT2D eigenvalue weighted by Gasteiger charge is 2.25. The van der Waals surface area contributed by atoms with Crippen LogP contribution in [0.2, 0.25) is 0 Å². The fourth-order valence-electron chi connectivity index (χ4n) is 6.73. The van der Waals surface area contributed by atoms with Gasteiger partial charge in [0.15, 0.2) is 5.69 Å². The summed E-state index contributed by atoms with van der Waals surface area (Å²) in [4.78, 5) is 9.46. The number of rotatable bonds is 1. The van der Waals surface area contributed by atoms with Crippen molar-refractivity contribution in [3.63, 3.8) is 0 Å². The van der Waals surface area contributed by atoms with E-state index in [0.717, 1.165) is 33.2 Å². The van der Waals surface area contributed by atoms with Crippen molar-refractivity contribution in [3.05, 3.63) is 108 Å². The lowest BCUT2D eigenvalue weighted by Gasteiger charge is -2.14. The topological polar surface area (TPSA) is 58.9 Å². The Bertz CT molecular complexity index is 2520. The third-order valence-corrected chi connectivity index (χ3v) is 8.31. The molecule has 0 spiro atoms. The molecule has 5 heterocycles. The number of aryl methyl sites for hydroxylation is 1. The molecule has 0 aliphatic rings. The lowest BCUT2D eigenvalue weighted by atomic mass is 10.0. The van der Waals surface area contributed by atoms with Crippen molar-refractivity contribution in [2.75, 3.05) is 0 Å². The maximum atomic E-state index is 10.1. The lowest BCUT2D eigenvalue weighted by Crippen LogP contribution is -2.04. The van der Waals surface area contributed by atoms with Crippen LogP contribution >= 0.6 is 0 Å². The molecule has 0 unspecified atom stereocenters. The standard InChI is InChI=1S/C34H19N5/c1-19-20-12-8-16-36-31(20)26(18-35)37-34(19)39-28-14-6-3-10-22(28)25-17-24-21-9-2-5-13-27(21)38-29-15-7-4-11-23(29)30(32(24)38)33(25)39/h2-17H,1H3. The van der Waals surface area contributed by atoms with Crippen LogP contribution in [0.5, 0.6) is 0 Å². The zero-order chi connectivity index (χ0) is 25.8. The third-order valence-electron chi connectivity index (χ3n) is 8.31. The molecule has 4 aromatic carbocycles. The van der Waals surface area contributed by atoms with Crippen molar-refractivity contribution >= 4 is 70.8 Å². The molecule has 5 heteroatoms. The molecule has 0 bridgehead atoms. The Kier molecular flexibility index (Phi) is 3.74. The average Bonchev–Trinajstić information content (AvgIpc) is 3.62. The van der Waals surface area contributed by atoms with Gasteiger partial charge in [-0.1, -0.05) is 60.7 Å². The number of nitriles is 1. The van der Waals surface area contributed by atoms with Gasteiger partial charge >= 0.3 is 0 Å². The van der Waals surface area contributed by atoms with Crippen molar-refractivity contribution < 1.29 is 0 Å². The minimum Gasteiger partial charge on any atom is -0.308 e. The highest BCUT2D eigenvalue weighted by atomic mass is 15.1. The molecule has 0 saturated carbocycles. The van der Waals surface area contributed by atoms with Crippen molar-refractivity contribution in [3.8, 4) is 11.9 Å². The number of hydrogen-bond donors (Lipinski definition) is 0. The van der Waals surface area contributed by atoms with E-state index >= 15 is 0 Å². The molecular formula is C34H19N5. The summed E-state index contributed by atoms with van der Waals surface area (Å²) in [6, 6.07) is 34.4. The molecule has 0 radical (unpaired) electrons. The first-order chi connectivity index (χ1) is 19.3. The van der Waals surface area contributed by atoms with E-state index in [4.69, 9.17) is 4.98 Å². The number of benzene rings is 4. The van der Waals surface area contributed by atoms with Gasteiger partial charge in [0.2, 0.25) is 0 Å². The summed E-state index contributed by atoms with van der Waals surface area (Å²) in [5.74, 6) is 0.765. The van der Waals surface area contributed by atoms with E-state index in [2.05, 4.69) is 106 Å². The van der Waals surface area contributed by atoms with Gasteiger partial charge in [0.25, 0.3) is 0 Å². The molecule has 0 fully saturated rings. The second-order valence-electron chi connectivity index (χ2n) is 10.2. The Morgan fingerprint density at radius 2 is 1.28 bits per heavy atom. The van der Waals surface area contributed by atoms with E-state index in [0.29, 0.717) is 11.2 Å². The van der Waals surface area contributed by atoms with Crippen LogP contribution in [0, 0.1) is 18.3 Å². The minimum absolute atomic E-state index is 0.337. The molecular weight excluding hydrogens is 478 g/mol. The first-order valence-corrected chi connectivity index (χ1v) is 13.0. The molecule has 0 saturated heterocycles. The summed E-state index contributed by atoms with van der Waals surface area (Å²) in [5.41, 5.74) is 7.77. The van der Waals surface area contributed by atoms with Gasteiger partial charge in [-0.25, -0.2) is 4.98 Å². The fraction of sp³-hybridized carbons (Fsp3) is 0.0294. The molecule has 0 atom stereocenters. The van der Waals surface area contributed by atoms with E-state index in [-0.39, 0.29) is 0 Å². The van der Waals surface area contributed by atoms with Gasteiger partial charge in [0.1, 0.15) is 17.4 Å². The Morgan fingerprint density at radius 1 is 0.667 bits per heavy atom. The van der Waals surface area contributed by atoms with Crippen molar-refractivity contribution in [1.82, 2.24) is 18.9 Å². The Hall–Kier alpha value is -5.47. The maximum absolute atomic E-state index is 10.1. The van der Waals surface area contributed by atoms with Crippen LogP contribution in [-0.4, -0.2) is 18.9 Å². The maximum Gasteiger partial charge on any atom is 0.169 e. The van der Waals surface area contributed by atoms with Crippen LogP contribution in [0.25, 0.3) is 76.6 Å². The van der Waals surface area contributed by atoms with Gasteiger partial charge in [-0.15, -0.1) is 0 Å². The Balaban J connectivity index is 1.62. The number of fused-ring (bicyclic) bond motifs is 11. The van der Waals surface area contributed by atoms with Gasteiger partial charge in [-0.2, -0.15) is 5.26 Å². The molecule has 0 aliphatic carbocycles. The molecule has 0 N–H and O–H groups in total. The molecule has 5 nitrogen and oxygen atoms in total. The van der Waals surface area contributed by atoms with Crippen molar-refractivity contribution in [1.29, 1.82) is 5.26 Å². The third kappa shape index (κ3) is 2.39. The van der Waals surface area contributed by atoms with Crippen LogP contribution < -0.4 is 0 Å². The second kappa shape index (κ2) is 7.09. The molecule has 9 rings (SSSR count). The lowest BCUT2D eigenvalue weighted by molar-refractivity contribution is 1.05.